The standard InChI is InChI=1S/C30H29.2ClH.Zr/c1-2-8-26-24(5-1)6-3-9-27(26)28-10-4-7-25-14-23(15-29(25)28)19-30-16-20-11-21(17-30)13-22(12-20)18-30;;;/h1-10,14-15,20-22H,11-13,16-19H2;2*1H;/q-1;;;+2/p-2. The smallest absolute Gasteiger partial charge is 0.0114 e. The second-order valence-electron chi connectivity index (χ2n) is 10.9. The fourth-order valence-electron chi connectivity index (χ4n) is 8.03. The molecule has 4 aromatic rings. The Balaban J connectivity index is 0.000000655. The van der Waals surface area contributed by atoms with Crippen molar-refractivity contribution in [2.75, 3.05) is 0 Å². The Hall–Kier alpha value is -1.01. The summed E-state index contributed by atoms with van der Waals surface area (Å²) in [6, 6.07) is 27.4. The van der Waals surface area contributed by atoms with Crippen molar-refractivity contribution >= 4 is 38.6 Å². The molecular weight excluding hydrogens is 522 g/mol. The molecule has 0 unspecified atom stereocenters. The van der Waals surface area contributed by atoms with Crippen LogP contribution in [0.2, 0.25) is 0 Å². The van der Waals surface area contributed by atoms with E-state index in [9.17, 15) is 0 Å². The van der Waals surface area contributed by atoms with Gasteiger partial charge in [-0.1, -0.05) is 54.1 Å². The Labute approximate surface area is 215 Å². The van der Waals surface area contributed by atoms with Gasteiger partial charge in [0.05, 0.1) is 0 Å². The summed E-state index contributed by atoms with van der Waals surface area (Å²) >= 11 is -0.826. The topological polar surface area (TPSA) is 0 Å². The maximum Gasteiger partial charge on any atom is -0.0114 e. The molecule has 3 heteroatoms. The van der Waals surface area contributed by atoms with E-state index in [1.54, 1.807) is 5.56 Å². The predicted octanol–water partition coefficient (Wildman–Crippen LogP) is 9.51. The molecule has 0 aromatic heterocycles. The number of benzene rings is 3. The van der Waals surface area contributed by atoms with Crippen molar-refractivity contribution in [2.24, 2.45) is 23.2 Å². The van der Waals surface area contributed by atoms with Gasteiger partial charge in [-0.25, -0.2) is 0 Å². The molecular formula is C30H29Cl2Zr-. The first-order chi connectivity index (χ1) is 16.2. The second kappa shape index (κ2) is 9.22. The monoisotopic (exact) mass is 549 g/mol. The molecule has 0 atom stereocenters. The average Bonchev–Trinajstić information content (AvgIpc) is 3.20. The first-order valence-corrected chi connectivity index (χ1v) is 18.6. The third-order valence-electron chi connectivity index (χ3n) is 8.63. The van der Waals surface area contributed by atoms with Crippen LogP contribution >= 0.6 is 17.0 Å². The molecule has 4 aliphatic carbocycles. The molecule has 0 radical (unpaired) electrons. The summed E-state index contributed by atoms with van der Waals surface area (Å²) in [7, 11) is 9.87. The molecule has 0 spiro atoms. The van der Waals surface area contributed by atoms with Gasteiger partial charge >= 0.3 is 37.9 Å². The minimum absolute atomic E-state index is 0.610. The van der Waals surface area contributed by atoms with Gasteiger partial charge in [0.2, 0.25) is 0 Å². The zero-order chi connectivity index (χ0) is 22.4. The molecule has 4 bridgehead atoms. The van der Waals surface area contributed by atoms with Gasteiger partial charge < -0.3 is 0 Å². The summed E-state index contributed by atoms with van der Waals surface area (Å²) in [5.74, 6) is 3.10. The maximum absolute atomic E-state index is 4.93. The van der Waals surface area contributed by atoms with Crippen LogP contribution in [0.1, 0.15) is 44.1 Å². The van der Waals surface area contributed by atoms with E-state index in [4.69, 9.17) is 17.0 Å². The minimum atomic E-state index is -0.826. The molecule has 0 nitrogen and oxygen atoms in total. The number of hydrogen-bond acceptors (Lipinski definition) is 0. The number of fused-ring (bicyclic) bond motifs is 2. The van der Waals surface area contributed by atoms with E-state index < -0.39 is 20.8 Å². The Bertz CT molecular complexity index is 1250. The van der Waals surface area contributed by atoms with E-state index in [0.29, 0.717) is 5.41 Å². The van der Waals surface area contributed by atoms with Gasteiger partial charge in [-0.15, -0.1) is 34.5 Å². The number of hydrogen-bond donors (Lipinski definition) is 0. The molecule has 0 aliphatic heterocycles. The van der Waals surface area contributed by atoms with Crippen LogP contribution in [0.5, 0.6) is 0 Å². The zero-order valence-corrected chi connectivity index (χ0v) is 22.8. The van der Waals surface area contributed by atoms with Gasteiger partial charge in [0, 0.05) is 0 Å². The quantitative estimate of drug-likeness (QED) is 0.223. The van der Waals surface area contributed by atoms with Crippen molar-refractivity contribution in [1.29, 1.82) is 0 Å². The third-order valence-corrected chi connectivity index (χ3v) is 8.63. The van der Waals surface area contributed by atoms with Crippen molar-refractivity contribution in [2.45, 2.75) is 44.9 Å². The van der Waals surface area contributed by atoms with Gasteiger partial charge in [-0.3, -0.25) is 0 Å². The van der Waals surface area contributed by atoms with E-state index in [0.717, 1.165) is 17.8 Å². The van der Waals surface area contributed by atoms with Gasteiger partial charge in [0.15, 0.2) is 0 Å². The van der Waals surface area contributed by atoms with Crippen molar-refractivity contribution in [3.8, 4) is 11.1 Å². The predicted molar refractivity (Wildman–Crippen MR) is 138 cm³/mol. The van der Waals surface area contributed by atoms with Crippen molar-refractivity contribution in [3.05, 3.63) is 78.4 Å². The van der Waals surface area contributed by atoms with E-state index in [2.05, 4.69) is 72.8 Å². The first kappa shape index (κ1) is 22.5. The summed E-state index contributed by atoms with van der Waals surface area (Å²) in [4.78, 5) is 0. The molecule has 0 saturated heterocycles. The van der Waals surface area contributed by atoms with Gasteiger partial charge in [0.25, 0.3) is 0 Å². The molecule has 168 valence electrons. The fraction of sp³-hybridized carbons (Fsp3) is 0.367. The van der Waals surface area contributed by atoms with Gasteiger partial charge in [-0.05, 0) is 84.5 Å². The van der Waals surface area contributed by atoms with Crippen LogP contribution in [0.3, 0.4) is 0 Å². The van der Waals surface area contributed by atoms with Crippen LogP contribution in [0.15, 0.2) is 72.8 Å². The van der Waals surface area contributed by atoms with E-state index in [-0.39, 0.29) is 0 Å². The van der Waals surface area contributed by atoms with Crippen molar-refractivity contribution in [3.63, 3.8) is 0 Å². The molecule has 4 aliphatic rings. The third kappa shape index (κ3) is 4.28. The van der Waals surface area contributed by atoms with Crippen LogP contribution in [0, 0.1) is 23.2 Å². The first-order valence-electron chi connectivity index (χ1n) is 12.3. The largest absolute Gasteiger partial charge is 0.164 e. The number of rotatable bonds is 3. The van der Waals surface area contributed by atoms with Crippen LogP contribution < -0.4 is 0 Å². The summed E-state index contributed by atoms with van der Waals surface area (Å²) in [5, 5.41) is 5.54. The van der Waals surface area contributed by atoms with Crippen LogP contribution in [-0.2, 0) is 27.3 Å². The zero-order valence-electron chi connectivity index (χ0n) is 18.9. The SMILES string of the molecule is [Cl][Zr][Cl].c1ccc2c(-c3cccc4[cH-]c(CC56CC7CC(CC(C7)C5)C6)cc34)cccc2c1. The molecule has 8 rings (SSSR count). The van der Waals surface area contributed by atoms with Gasteiger partial charge in [0.1, 0.15) is 0 Å². The van der Waals surface area contributed by atoms with Crippen LogP contribution in [0.25, 0.3) is 32.7 Å². The Kier molecular flexibility index (Phi) is 6.27. The summed E-state index contributed by atoms with van der Waals surface area (Å²) < 4.78 is 0. The minimum Gasteiger partial charge on any atom is -0.164 e. The molecule has 4 fully saturated rings. The maximum atomic E-state index is 4.93. The molecule has 4 saturated carbocycles. The summed E-state index contributed by atoms with van der Waals surface area (Å²) in [6.45, 7) is 0. The van der Waals surface area contributed by atoms with Crippen molar-refractivity contribution < 1.29 is 20.8 Å². The van der Waals surface area contributed by atoms with Crippen LogP contribution in [0.4, 0.5) is 0 Å². The Morgan fingerprint density at radius 2 is 1.33 bits per heavy atom. The van der Waals surface area contributed by atoms with E-state index >= 15 is 0 Å². The Morgan fingerprint density at radius 1 is 0.758 bits per heavy atom. The van der Waals surface area contributed by atoms with Gasteiger partial charge in [-0.2, -0.15) is 6.07 Å². The molecule has 4 aromatic carbocycles. The summed E-state index contributed by atoms with van der Waals surface area (Å²) in [5.41, 5.74) is 4.95. The molecule has 0 heterocycles. The molecule has 0 N–H and O–H groups in total. The second-order valence-corrected chi connectivity index (χ2v) is 14.6. The molecule has 33 heavy (non-hydrogen) atoms. The van der Waals surface area contributed by atoms with E-state index in [1.165, 1.54) is 77.6 Å². The number of halogens is 2. The van der Waals surface area contributed by atoms with Crippen LogP contribution in [-0.4, -0.2) is 0 Å². The fourth-order valence-corrected chi connectivity index (χ4v) is 8.03. The normalized spacial score (nSPS) is 27.5. The Morgan fingerprint density at radius 3 is 2.03 bits per heavy atom. The summed E-state index contributed by atoms with van der Waals surface area (Å²) in [6.07, 6.45) is 10.4. The molecule has 0 amide bonds. The van der Waals surface area contributed by atoms with Crippen molar-refractivity contribution in [1.82, 2.24) is 0 Å². The van der Waals surface area contributed by atoms with E-state index in [1.807, 2.05) is 0 Å². The average molecular weight is 552 g/mol.